The first-order valence-electron chi connectivity index (χ1n) is 13.3. The number of carbonyl (C=O) groups is 2. The Bertz CT molecular complexity index is 1500. The number of amidine groups is 1. The van der Waals surface area contributed by atoms with Gasteiger partial charge in [0.25, 0.3) is 11.8 Å². The smallest absolute Gasteiger partial charge is 0.266 e. The summed E-state index contributed by atoms with van der Waals surface area (Å²) >= 11 is 7.55. The Morgan fingerprint density at radius 3 is 2.63 bits per heavy atom. The second kappa shape index (κ2) is 13.2. The Balaban J connectivity index is 1.32. The molecule has 0 spiro atoms. The summed E-state index contributed by atoms with van der Waals surface area (Å²) in [6, 6.07) is 20.2. The van der Waals surface area contributed by atoms with Crippen LogP contribution < -0.4 is 9.47 Å². The zero-order chi connectivity index (χ0) is 28.8. The van der Waals surface area contributed by atoms with Crippen LogP contribution in [0.5, 0.6) is 11.5 Å². The van der Waals surface area contributed by atoms with Crippen molar-refractivity contribution in [3.63, 3.8) is 0 Å². The number of halogens is 1. The highest BCUT2D eigenvalue weighted by atomic mass is 35.5. The minimum absolute atomic E-state index is 0.0520. The molecule has 5 rings (SSSR count). The van der Waals surface area contributed by atoms with Crippen LogP contribution in [0, 0.1) is 0 Å². The van der Waals surface area contributed by atoms with Crippen molar-refractivity contribution in [1.82, 2.24) is 9.80 Å². The third-order valence-electron chi connectivity index (χ3n) is 6.53. The summed E-state index contributed by atoms with van der Waals surface area (Å²) in [6.45, 7) is 4.88. The van der Waals surface area contributed by atoms with E-state index in [9.17, 15) is 9.59 Å². The van der Waals surface area contributed by atoms with Crippen LogP contribution in [0.2, 0.25) is 5.02 Å². The Morgan fingerprint density at radius 2 is 1.85 bits per heavy atom. The van der Waals surface area contributed by atoms with Gasteiger partial charge in [-0.1, -0.05) is 41.9 Å². The zero-order valence-corrected chi connectivity index (χ0v) is 24.4. The molecule has 212 valence electrons. The van der Waals surface area contributed by atoms with Gasteiger partial charge >= 0.3 is 0 Å². The molecule has 0 aliphatic carbocycles. The molecule has 0 bridgehead atoms. The van der Waals surface area contributed by atoms with Crippen molar-refractivity contribution in [2.24, 2.45) is 4.99 Å². The van der Waals surface area contributed by atoms with Crippen LogP contribution in [0.4, 0.5) is 5.69 Å². The Labute approximate surface area is 248 Å². The van der Waals surface area contributed by atoms with Gasteiger partial charge in [-0.25, -0.2) is 4.99 Å². The predicted octanol–water partition coefficient (Wildman–Crippen LogP) is 6.02. The topological polar surface area (TPSA) is 80.7 Å². The van der Waals surface area contributed by atoms with Crippen LogP contribution >= 0.6 is 23.4 Å². The number of thioether (sulfide) groups is 1. The van der Waals surface area contributed by atoms with Crippen LogP contribution in [-0.4, -0.2) is 66.7 Å². The molecule has 0 unspecified atom stereocenters. The van der Waals surface area contributed by atoms with Gasteiger partial charge in [-0.2, -0.15) is 0 Å². The molecule has 8 nitrogen and oxygen atoms in total. The Kier molecular flexibility index (Phi) is 9.28. The van der Waals surface area contributed by atoms with Crippen LogP contribution in [0.3, 0.4) is 0 Å². The van der Waals surface area contributed by atoms with E-state index in [2.05, 4.69) is 4.99 Å². The summed E-state index contributed by atoms with van der Waals surface area (Å²) in [4.78, 5) is 34.5. The molecule has 3 aromatic rings. The minimum Gasteiger partial charge on any atom is -0.490 e. The number of morpholine rings is 1. The molecule has 2 heterocycles. The van der Waals surface area contributed by atoms with Gasteiger partial charge in [-0.3, -0.25) is 14.5 Å². The molecule has 0 aromatic heterocycles. The quantitative estimate of drug-likeness (QED) is 0.298. The number of rotatable bonds is 8. The van der Waals surface area contributed by atoms with Crippen LogP contribution in [0.1, 0.15) is 28.4 Å². The van der Waals surface area contributed by atoms with Gasteiger partial charge in [0.2, 0.25) is 0 Å². The van der Waals surface area contributed by atoms with Crippen LogP contribution in [0.15, 0.2) is 76.6 Å². The average molecular weight is 592 g/mol. The number of hydrogen-bond donors (Lipinski definition) is 0. The molecule has 10 heteroatoms. The second-order valence-corrected chi connectivity index (χ2v) is 10.8. The van der Waals surface area contributed by atoms with Crippen molar-refractivity contribution < 1.29 is 23.8 Å². The van der Waals surface area contributed by atoms with Gasteiger partial charge in [-0.15, -0.1) is 0 Å². The normalized spacial score (nSPS) is 17.4. The van der Waals surface area contributed by atoms with E-state index in [0.717, 1.165) is 11.1 Å². The first-order chi connectivity index (χ1) is 19.9. The number of nitrogens with zero attached hydrogens (tertiary/aromatic N) is 3. The molecular formula is C31H30ClN3O5S. The summed E-state index contributed by atoms with van der Waals surface area (Å²) in [7, 11) is 1.69. The summed E-state index contributed by atoms with van der Waals surface area (Å²) in [6.07, 6.45) is 1.81. The van der Waals surface area contributed by atoms with Crippen molar-refractivity contribution in [2.45, 2.75) is 13.5 Å². The molecule has 0 atom stereocenters. The number of carbonyl (C=O) groups excluding carboxylic acids is 2. The number of likely N-dealkylation sites (N-methyl/N-ethyl adjacent to an activating group) is 1. The fourth-order valence-electron chi connectivity index (χ4n) is 4.34. The number of amides is 2. The van der Waals surface area contributed by atoms with Crippen LogP contribution in [-0.2, 0) is 16.1 Å². The standard InChI is InChI=1S/C31H30ClN3O5S/c1-3-39-27-17-21(11-12-26(27)40-20-23-7-4-5-10-25(23)32)18-28-30(37)34(2)31(41-28)33-24-9-6-8-22(19-24)29(36)35-13-15-38-16-14-35/h4-12,17-19H,3,13-16,20H2,1-2H3/b28-18+,33-31?. The van der Waals surface area contributed by atoms with E-state index in [1.807, 2.05) is 61.5 Å². The molecule has 2 aliphatic rings. The molecule has 0 saturated carbocycles. The molecule has 0 radical (unpaired) electrons. The highest BCUT2D eigenvalue weighted by Gasteiger charge is 2.30. The lowest BCUT2D eigenvalue weighted by molar-refractivity contribution is -0.121. The second-order valence-electron chi connectivity index (χ2n) is 9.34. The fraction of sp³-hybridized carbons (Fsp3) is 0.258. The zero-order valence-electron chi connectivity index (χ0n) is 22.8. The van der Waals surface area contributed by atoms with Gasteiger partial charge in [0.05, 0.1) is 30.4 Å². The molecule has 2 fully saturated rings. The van der Waals surface area contributed by atoms with Gasteiger partial charge < -0.3 is 19.1 Å². The monoisotopic (exact) mass is 591 g/mol. The largest absolute Gasteiger partial charge is 0.490 e. The van der Waals surface area contributed by atoms with E-state index in [-0.39, 0.29) is 11.8 Å². The first-order valence-corrected chi connectivity index (χ1v) is 14.5. The summed E-state index contributed by atoms with van der Waals surface area (Å²) in [5, 5.41) is 1.17. The maximum atomic E-state index is 13.1. The lowest BCUT2D eigenvalue weighted by atomic mass is 10.1. The molecule has 2 amide bonds. The highest BCUT2D eigenvalue weighted by Crippen LogP contribution is 2.36. The molecule has 41 heavy (non-hydrogen) atoms. The molecule has 0 N–H and O–H groups in total. The minimum atomic E-state index is -0.161. The third kappa shape index (κ3) is 6.93. The SMILES string of the molecule is CCOc1cc(/C=C2/SC(=Nc3cccc(C(=O)N4CCOCC4)c3)N(C)C2=O)ccc1OCc1ccccc1Cl. The number of benzene rings is 3. The predicted molar refractivity (Wildman–Crippen MR) is 162 cm³/mol. The van der Waals surface area contributed by atoms with Gasteiger partial charge in [0, 0.05) is 36.3 Å². The van der Waals surface area contributed by atoms with E-state index in [1.165, 1.54) is 16.7 Å². The van der Waals surface area contributed by atoms with E-state index in [0.29, 0.717) is 77.4 Å². The molecule has 2 saturated heterocycles. The summed E-state index contributed by atoms with van der Waals surface area (Å²) in [5.41, 5.74) is 2.83. The summed E-state index contributed by atoms with van der Waals surface area (Å²) < 4.78 is 17.2. The third-order valence-corrected chi connectivity index (χ3v) is 7.95. The summed E-state index contributed by atoms with van der Waals surface area (Å²) in [5.74, 6) is 0.952. The lowest BCUT2D eigenvalue weighted by Crippen LogP contribution is -2.40. The van der Waals surface area contributed by atoms with Crippen molar-refractivity contribution in [3.8, 4) is 11.5 Å². The van der Waals surface area contributed by atoms with Gasteiger partial charge in [0.15, 0.2) is 16.7 Å². The molecular weight excluding hydrogens is 562 g/mol. The van der Waals surface area contributed by atoms with Gasteiger partial charge in [-0.05, 0) is 66.7 Å². The Morgan fingerprint density at radius 1 is 1.05 bits per heavy atom. The molecule has 2 aliphatic heterocycles. The fourth-order valence-corrected chi connectivity index (χ4v) is 5.52. The lowest BCUT2D eigenvalue weighted by Gasteiger charge is -2.26. The van der Waals surface area contributed by atoms with Crippen molar-refractivity contribution in [2.75, 3.05) is 40.0 Å². The van der Waals surface area contributed by atoms with Crippen molar-refractivity contribution in [1.29, 1.82) is 0 Å². The van der Waals surface area contributed by atoms with Crippen LogP contribution in [0.25, 0.3) is 6.08 Å². The number of hydrogen-bond acceptors (Lipinski definition) is 7. The van der Waals surface area contributed by atoms with E-state index >= 15 is 0 Å². The maximum absolute atomic E-state index is 13.1. The average Bonchev–Trinajstić information content (AvgIpc) is 3.25. The number of aliphatic imine (C=N–C) groups is 1. The van der Waals surface area contributed by atoms with Crippen molar-refractivity contribution >= 4 is 52.1 Å². The van der Waals surface area contributed by atoms with E-state index < -0.39 is 0 Å². The first kappa shape index (κ1) is 28.7. The Hall–Kier alpha value is -3.79. The van der Waals surface area contributed by atoms with Gasteiger partial charge in [0.1, 0.15) is 6.61 Å². The molecule has 3 aromatic carbocycles. The van der Waals surface area contributed by atoms with Crippen molar-refractivity contribution in [3.05, 3.63) is 93.3 Å². The van der Waals surface area contributed by atoms with E-state index in [1.54, 1.807) is 30.1 Å². The van der Waals surface area contributed by atoms with E-state index in [4.69, 9.17) is 25.8 Å². The maximum Gasteiger partial charge on any atom is 0.266 e. The number of ether oxygens (including phenoxy) is 3. The highest BCUT2D eigenvalue weighted by molar-refractivity contribution is 8.18.